The van der Waals surface area contributed by atoms with Gasteiger partial charge in [0.05, 0.1) is 5.92 Å². The van der Waals surface area contributed by atoms with E-state index in [-0.39, 0.29) is 19.0 Å². The van der Waals surface area contributed by atoms with Gasteiger partial charge in [-0.2, -0.15) is 13.2 Å². The molecule has 20 heavy (non-hydrogen) atoms. The zero-order valence-corrected chi connectivity index (χ0v) is 10.9. The molecule has 1 aromatic rings. The summed E-state index contributed by atoms with van der Waals surface area (Å²) in [5.74, 6) is 0.133. The van der Waals surface area contributed by atoms with Gasteiger partial charge in [0.1, 0.15) is 13.2 Å². The third-order valence-electron chi connectivity index (χ3n) is 3.85. The maximum atomic E-state index is 12.6. The maximum Gasteiger partial charge on any atom is 0.393 e. The average Bonchev–Trinajstić information content (AvgIpc) is 2.46. The molecular weight excluding hydrogens is 271 g/mol. The molecule has 2 unspecified atom stereocenters. The van der Waals surface area contributed by atoms with Crippen LogP contribution in [0.2, 0.25) is 0 Å². The standard InChI is InChI=1S/C14H16F3NO2/c15-14(16,17)10-2-3-11(18-8-10)9-1-4-12-13(7-9)20-6-5-19-12/h1,4,7,10-11,18H,2-3,5-6,8H2. The molecule has 1 saturated heterocycles. The Labute approximate surface area is 115 Å². The molecule has 2 aliphatic rings. The van der Waals surface area contributed by atoms with Gasteiger partial charge in [0.15, 0.2) is 11.5 Å². The first-order valence-electron chi connectivity index (χ1n) is 6.73. The molecule has 0 radical (unpaired) electrons. The van der Waals surface area contributed by atoms with Crippen LogP contribution in [0.15, 0.2) is 18.2 Å². The summed E-state index contributed by atoms with van der Waals surface area (Å²) in [7, 11) is 0. The van der Waals surface area contributed by atoms with Crippen molar-refractivity contribution in [3.63, 3.8) is 0 Å². The number of rotatable bonds is 1. The lowest BCUT2D eigenvalue weighted by Crippen LogP contribution is -2.40. The van der Waals surface area contributed by atoms with Gasteiger partial charge in [0.2, 0.25) is 0 Å². The van der Waals surface area contributed by atoms with E-state index in [0.29, 0.717) is 31.1 Å². The monoisotopic (exact) mass is 287 g/mol. The predicted molar refractivity (Wildman–Crippen MR) is 67.0 cm³/mol. The van der Waals surface area contributed by atoms with Crippen molar-refractivity contribution in [2.45, 2.75) is 25.1 Å². The Morgan fingerprint density at radius 1 is 1.05 bits per heavy atom. The maximum absolute atomic E-state index is 12.6. The fourth-order valence-corrected chi connectivity index (χ4v) is 2.70. The lowest BCUT2D eigenvalue weighted by molar-refractivity contribution is -0.179. The van der Waals surface area contributed by atoms with Crippen LogP contribution in [0.4, 0.5) is 13.2 Å². The summed E-state index contributed by atoms with van der Waals surface area (Å²) in [5, 5.41) is 2.98. The highest BCUT2D eigenvalue weighted by molar-refractivity contribution is 5.44. The van der Waals surface area contributed by atoms with Crippen molar-refractivity contribution in [3.05, 3.63) is 23.8 Å². The molecule has 1 fully saturated rings. The summed E-state index contributed by atoms with van der Waals surface area (Å²) < 4.78 is 48.8. The van der Waals surface area contributed by atoms with E-state index in [1.807, 2.05) is 18.2 Å². The van der Waals surface area contributed by atoms with Crippen LogP contribution in [-0.2, 0) is 0 Å². The molecule has 0 amide bonds. The number of benzene rings is 1. The number of ether oxygens (including phenoxy) is 2. The number of hydrogen-bond donors (Lipinski definition) is 1. The molecule has 0 spiro atoms. The first-order chi connectivity index (χ1) is 9.54. The third kappa shape index (κ3) is 2.70. The number of alkyl halides is 3. The van der Waals surface area contributed by atoms with E-state index >= 15 is 0 Å². The zero-order valence-electron chi connectivity index (χ0n) is 10.9. The molecule has 2 heterocycles. The fraction of sp³-hybridized carbons (Fsp3) is 0.571. The number of nitrogens with one attached hydrogen (secondary N) is 1. The molecule has 1 N–H and O–H groups in total. The van der Waals surface area contributed by atoms with Gasteiger partial charge in [-0.3, -0.25) is 0 Å². The molecule has 2 atom stereocenters. The molecule has 110 valence electrons. The zero-order chi connectivity index (χ0) is 14.2. The summed E-state index contributed by atoms with van der Waals surface area (Å²) in [4.78, 5) is 0. The number of halogens is 3. The Kier molecular flexibility index (Phi) is 3.50. The first kappa shape index (κ1) is 13.5. The van der Waals surface area contributed by atoms with Crippen LogP contribution >= 0.6 is 0 Å². The fourth-order valence-electron chi connectivity index (χ4n) is 2.70. The van der Waals surface area contributed by atoms with Gasteiger partial charge in [-0.25, -0.2) is 0 Å². The molecule has 0 saturated carbocycles. The van der Waals surface area contributed by atoms with Crippen molar-refractivity contribution < 1.29 is 22.6 Å². The minimum atomic E-state index is -4.11. The summed E-state index contributed by atoms with van der Waals surface area (Å²) in [6.07, 6.45) is -3.47. The molecule has 0 aromatic heterocycles. The van der Waals surface area contributed by atoms with Crippen molar-refractivity contribution in [1.82, 2.24) is 5.32 Å². The van der Waals surface area contributed by atoms with Crippen molar-refractivity contribution in [2.24, 2.45) is 5.92 Å². The third-order valence-corrected chi connectivity index (χ3v) is 3.85. The Balaban J connectivity index is 1.69. The summed E-state index contributed by atoms with van der Waals surface area (Å²) in [5.41, 5.74) is 0.954. The van der Waals surface area contributed by atoms with E-state index in [0.717, 1.165) is 5.56 Å². The molecule has 1 aromatic carbocycles. The van der Waals surface area contributed by atoms with Crippen LogP contribution in [0.3, 0.4) is 0 Å². The highest BCUT2D eigenvalue weighted by Gasteiger charge is 2.41. The normalized spacial score (nSPS) is 26.4. The van der Waals surface area contributed by atoms with Gasteiger partial charge in [0.25, 0.3) is 0 Å². The summed E-state index contributed by atoms with van der Waals surface area (Å²) in [6, 6.07) is 5.52. The van der Waals surface area contributed by atoms with Crippen LogP contribution in [-0.4, -0.2) is 25.9 Å². The Bertz CT molecular complexity index is 482. The van der Waals surface area contributed by atoms with Crippen molar-refractivity contribution in [2.75, 3.05) is 19.8 Å². The summed E-state index contributed by atoms with van der Waals surface area (Å²) in [6.45, 7) is 1.01. The van der Waals surface area contributed by atoms with E-state index in [2.05, 4.69) is 5.32 Å². The lowest BCUT2D eigenvalue weighted by Gasteiger charge is -2.31. The van der Waals surface area contributed by atoms with Gasteiger partial charge in [-0.15, -0.1) is 0 Å². The van der Waals surface area contributed by atoms with Crippen LogP contribution in [0.5, 0.6) is 11.5 Å². The average molecular weight is 287 g/mol. The second-order valence-corrected chi connectivity index (χ2v) is 5.18. The van der Waals surface area contributed by atoms with E-state index in [1.54, 1.807) is 0 Å². The minimum absolute atomic E-state index is 0.0252. The van der Waals surface area contributed by atoms with E-state index in [1.165, 1.54) is 0 Å². The smallest absolute Gasteiger partial charge is 0.393 e. The van der Waals surface area contributed by atoms with Crippen molar-refractivity contribution >= 4 is 0 Å². The van der Waals surface area contributed by atoms with Crippen LogP contribution < -0.4 is 14.8 Å². The van der Waals surface area contributed by atoms with Crippen LogP contribution in [0, 0.1) is 5.92 Å². The molecule has 0 bridgehead atoms. The quantitative estimate of drug-likeness (QED) is 0.861. The van der Waals surface area contributed by atoms with Gasteiger partial charge in [-0.1, -0.05) is 6.07 Å². The highest BCUT2D eigenvalue weighted by atomic mass is 19.4. The molecule has 2 aliphatic heterocycles. The van der Waals surface area contributed by atoms with E-state index < -0.39 is 12.1 Å². The predicted octanol–water partition coefficient (Wildman–Crippen LogP) is 3.06. The molecule has 0 aliphatic carbocycles. The van der Waals surface area contributed by atoms with Crippen LogP contribution in [0.1, 0.15) is 24.4 Å². The Morgan fingerprint density at radius 3 is 2.45 bits per heavy atom. The second kappa shape index (κ2) is 5.16. The highest BCUT2D eigenvalue weighted by Crippen LogP contribution is 2.38. The van der Waals surface area contributed by atoms with Gasteiger partial charge in [-0.05, 0) is 30.5 Å². The van der Waals surface area contributed by atoms with E-state index in [4.69, 9.17) is 9.47 Å². The SMILES string of the molecule is FC(F)(F)C1CCC(c2ccc3c(c2)OCCO3)NC1. The van der Waals surface area contributed by atoms with Gasteiger partial charge in [0, 0.05) is 12.6 Å². The Morgan fingerprint density at radius 2 is 1.80 bits per heavy atom. The number of fused-ring (bicyclic) bond motifs is 1. The molecule has 6 heteroatoms. The van der Waals surface area contributed by atoms with Gasteiger partial charge >= 0.3 is 6.18 Å². The van der Waals surface area contributed by atoms with Crippen molar-refractivity contribution in [3.8, 4) is 11.5 Å². The van der Waals surface area contributed by atoms with Gasteiger partial charge < -0.3 is 14.8 Å². The first-order valence-corrected chi connectivity index (χ1v) is 6.73. The molecule has 3 rings (SSSR count). The van der Waals surface area contributed by atoms with Crippen molar-refractivity contribution in [1.29, 1.82) is 0 Å². The number of piperidine rings is 1. The topological polar surface area (TPSA) is 30.5 Å². The minimum Gasteiger partial charge on any atom is -0.486 e. The lowest BCUT2D eigenvalue weighted by atomic mass is 9.90. The largest absolute Gasteiger partial charge is 0.486 e. The van der Waals surface area contributed by atoms with Crippen LogP contribution in [0.25, 0.3) is 0 Å². The summed E-state index contributed by atoms with van der Waals surface area (Å²) >= 11 is 0. The second-order valence-electron chi connectivity index (χ2n) is 5.18. The van der Waals surface area contributed by atoms with E-state index in [9.17, 15) is 13.2 Å². The number of hydrogen-bond acceptors (Lipinski definition) is 3. The Hall–Kier alpha value is -1.43. The molecular formula is C14H16F3NO2. The molecule has 3 nitrogen and oxygen atoms in total.